The summed E-state index contributed by atoms with van der Waals surface area (Å²) in [5.41, 5.74) is 3.59. The van der Waals surface area contributed by atoms with Gasteiger partial charge in [0.1, 0.15) is 9.79 Å². The zero-order chi connectivity index (χ0) is 38.6. The van der Waals surface area contributed by atoms with Crippen molar-refractivity contribution < 1.29 is 25.9 Å². The maximum atomic E-state index is 12.5. The van der Waals surface area contributed by atoms with Crippen molar-refractivity contribution in [2.24, 2.45) is 0 Å². The van der Waals surface area contributed by atoms with Gasteiger partial charge in [-0.3, -0.25) is 9.11 Å². The first kappa shape index (κ1) is 44.9. The Hall–Kier alpha value is -3.76. The maximum Gasteiger partial charge on any atom is 0.295 e. The van der Waals surface area contributed by atoms with Crippen LogP contribution in [0, 0.1) is 13.8 Å². The summed E-state index contributed by atoms with van der Waals surface area (Å²) < 4.78 is 70.1. The maximum absolute atomic E-state index is 12.5. The van der Waals surface area contributed by atoms with Crippen LogP contribution in [0.3, 0.4) is 0 Å². The molecule has 278 valence electrons. The number of anilines is 8. The van der Waals surface area contributed by atoms with E-state index < -0.39 is 30.0 Å². The molecule has 6 rings (SSSR count). The minimum absolute atomic E-state index is 0. The number of hydrogen-bond acceptors (Lipinski definition) is 14. The molecular weight excluding hydrogens is 825 g/mol. The summed E-state index contributed by atoms with van der Waals surface area (Å²) in [7, 11) is -9.64. The normalized spacial score (nSPS) is 11.3. The topological polar surface area (TPSA) is 234 Å². The molecule has 2 aromatic heterocycles. The summed E-state index contributed by atoms with van der Waals surface area (Å²) in [5, 5.41) is 11.5. The van der Waals surface area contributed by atoms with E-state index in [1.807, 2.05) is 62.4 Å². The molecule has 2 radical (unpaired) electrons. The summed E-state index contributed by atoms with van der Waals surface area (Å²) in [5.74, 6) is 0.184. The third kappa shape index (κ3) is 11.9. The summed E-state index contributed by atoms with van der Waals surface area (Å²) in [6.45, 7) is 3.79. The van der Waals surface area contributed by atoms with E-state index in [0.29, 0.717) is 0 Å². The van der Waals surface area contributed by atoms with Crippen molar-refractivity contribution in [1.82, 2.24) is 29.9 Å². The quantitative estimate of drug-likeness (QED) is 0.0419. The van der Waals surface area contributed by atoms with E-state index in [4.69, 9.17) is 23.2 Å². The van der Waals surface area contributed by atoms with Gasteiger partial charge >= 0.3 is 0 Å². The van der Waals surface area contributed by atoms with Gasteiger partial charge in [0.2, 0.25) is 34.4 Å². The fourth-order valence-corrected chi connectivity index (χ4v) is 6.72. The molecule has 0 fully saturated rings. The Bertz CT molecular complexity index is 2480. The van der Waals surface area contributed by atoms with E-state index in [2.05, 4.69) is 51.2 Å². The van der Waals surface area contributed by atoms with Gasteiger partial charge < -0.3 is 21.3 Å². The second-order valence-corrected chi connectivity index (χ2v) is 14.9. The molecule has 0 bridgehead atoms. The molecule has 56 heavy (non-hydrogen) atoms. The minimum atomic E-state index is -4.82. The number of nitrogens with zero attached hydrogens (tertiary/aromatic N) is 6. The molecule has 0 saturated heterocycles. The van der Waals surface area contributed by atoms with Gasteiger partial charge in [-0.2, -0.15) is 46.7 Å². The fraction of sp³-hybridized carbons (Fsp3) is 0.0588. The van der Waals surface area contributed by atoms with Crippen LogP contribution in [0.15, 0.2) is 94.7 Å². The summed E-state index contributed by atoms with van der Waals surface area (Å²) in [6.07, 6.45) is 2.51. The van der Waals surface area contributed by atoms with Crippen LogP contribution in [0.4, 0.5) is 46.5 Å². The number of nitrogens with one attached hydrogen (secondary N) is 4. The van der Waals surface area contributed by atoms with Gasteiger partial charge in [0.15, 0.2) is 0 Å². The summed E-state index contributed by atoms with van der Waals surface area (Å²) in [4.78, 5) is 23.7. The van der Waals surface area contributed by atoms with Crippen molar-refractivity contribution >= 4 is 161 Å². The van der Waals surface area contributed by atoms with Gasteiger partial charge in [-0.05, 0) is 95.7 Å². The monoisotopic (exact) mass is 852 g/mol. The van der Waals surface area contributed by atoms with Gasteiger partial charge in [0.25, 0.3) is 20.2 Å². The van der Waals surface area contributed by atoms with Crippen LogP contribution in [0.25, 0.3) is 12.2 Å². The zero-order valence-corrected chi connectivity index (χ0v) is 37.2. The van der Waals surface area contributed by atoms with E-state index in [9.17, 15) is 25.9 Å². The van der Waals surface area contributed by atoms with Crippen LogP contribution in [0.5, 0.6) is 0 Å². The number of aromatic nitrogens is 6. The molecular formula is C34H28Cl2N10Na2O6S2. The second kappa shape index (κ2) is 19.1. The van der Waals surface area contributed by atoms with Crippen LogP contribution >= 0.6 is 23.2 Å². The first-order chi connectivity index (χ1) is 25.6. The largest absolute Gasteiger partial charge is 0.324 e. The molecule has 0 saturated carbocycles. The van der Waals surface area contributed by atoms with Crippen LogP contribution < -0.4 is 21.3 Å². The molecule has 0 unspecified atom stereocenters. The van der Waals surface area contributed by atoms with Crippen molar-refractivity contribution in [2.45, 2.75) is 23.6 Å². The molecule has 0 spiro atoms. The molecule has 0 atom stereocenters. The second-order valence-electron chi connectivity index (χ2n) is 11.4. The Kier molecular flexibility index (Phi) is 15.3. The number of benzene rings is 4. The van der Waals surface area contributed by atoms with E-state index in [-0.39, 0.29) is 116 Å². The Morgan fingerprint density at radius 1 is 0.518 bits per heavy atom. The van der Waals surface area contributed by atoms with Gasteiger partial charge in [-0.25, -0.2) is 0 Å². The van der Waals surface area contributed by atoms with Crippen LogP contribution in [-0.2, 0) is 20.2 Å². The standard InChI is InChI=1S/C34H28Cl2N10O6S2.2Na/c1-19-7-3-5-9-25(19)39-33-43-29(35)41-31(45-33)37-23-15-13-21(27(17-23)53(47,48)49)11-12-22-14-16-24(18-28(22)54(50,51)52)38-32-42-30(36)44-34(46-32)40-26-10-6-4-8-20(26)2;;/h3-18H,1-2H3,(H,47,48,49)(H,50,51,52)(H2,37,39,41,43,45)(H2,38,40,42,44,46);;. The van der Waals surface area contributed by atoms with Crippen molar-refractivity contribution in [2.75, 3.05) is 21.3 Å². The predicted octanol–water partition coefficient (Wildman–Crippen LogP) is 6.86. The Morgan fingerprint density at radius 3 is 1.20 bits per heavy atom. The molecule has 0 aliphatic carbocycles. The van der Waals surface area contributed by atoms with Crippen molar-refractivity contribution in [1.29, 1.82) is 0 Å². The van der Waals surface area contributed by atoms with Crippen molar-refractivity contribution in [3.63, 3.8) is 0 Å². The van der Waals surface area contributed by atoms with Gasteiger partial charge in [0.05, 0.1) is 0 Å². The van der Waals surface area contributed by atoms with Gasteiger partial charge in [-0.1, -0.05) is 60.7 Å². The average Bonchev–Trinajstić information content (AvgIpc) is 3.09. The fourth-order valence-electron chi connectivity index (χ4n) is 4.98. The number of rotatable bonds is 12. The molecule has 22 heteroatoms. The zero-order valence-electron chi connectivity index (χ0n) is 30.0. The average molecular weight is 854 g/mol. The molecule has 2 heterocycles. The Balaban J connectivity index is 0.00000348. The van der Waals surface area contributed by atoms with Crippen molar-refractivity contribution in [3.8, 4) is 0 Å². The molecule has 0 aliphatic heterocycles. The van der Waals surface area contributed by atoms with Crippen LogP contribution in [-0.4, -0.2) is 115 Å². The van der Waals surface area contributed by atoms with Crippen LogP contribution in [0.1, 0.15) is 22.3 Å². The number of aryl methyl sites for hydroxylation is 2. The third-order valence-corrected chi connectivity index (χ3v) is 9.69. The van der Waals surface area contributed by atoms with E-state index in [1.54, 1.807) is 0 Å². The molecule has 4 aromatic carbocycles. The van der Waals surface area contributed by atoms with Crippen LogP contribution in [0.2, 0.25) is 10.6 Å². The van der Waals surface area contributed by atoms with E-state index in [0.717, 1.165) is 34.6 Å². The predicted molar refractivity (Wildman–Crippen MR) is 218 cm³/mol. The first-order valence-corrected chi connectivity index (χ1v) is 19.2. The SMILES string of the molecule is Cc1ccccc1Nc1nc(Cl)nc(Nc2ccc(C=Cc3ccc(Nc4nc(Cl)nc(Nc5ccccc5C)n4)cc3S(=O)(=O)O)c(S(=O)(=O)O)c2)n1.[Na].[Na]. The molecule has 6 N–H and O–H groups in total. The summed E-state index contributed by atoms with van der Waals surface area (Å²) in [6, 6.07) is 22.7. The van der Waals surface area contributed by atoms with E-state index in [1.165, 1.54) is 36.4 Å². The Morgan fingerprint density at radius 2 is 0.857 bits per heavy atom. The smallest absolute Gasteiger partial charge is 0.295 e. The third-order valence-electron chi connectivity index (χ3n) is 7.54. The molecule has 6 aromatic rings. The number of para-hydroxylation sites is 2. The molecule has 0 aliphatic rings. The Labute approximate surface area is 376 Å². The first-order valence-electron chi connectivity index (χ1n) is 15.5. The molecule has 0 amide bonds. The van der Waals surface area contributed by atoms with Gasteiger partial charge in [0, 0.05) is 81.9 Å². The van der Waals surface area contributed by atoms with Gasteiger partial charge in [-0.15, -0.1) is 0 Å². The summed E-state index contributed by atoms with van der Waals surface area (Å²) >= 11 is 12.2. The van der Waals surface area contributed by atoms with Crippen molar-refractivity contribution in [3.05, 3.63) is 118 Å². The van der Waals surface area contributed by atoms with E-state index >= 15 is 0 Å². The minimum Gasteiger partial charge on any atom is -0.324 e. The number of hydrogen-bond donors (Lipinski definition) is 6. The molecule has 16 nitrogen and oxygen atoms in total. The number of halogens is 2.